The predicted octanol–water partition coefficient (Wildman–Crippen LogP) is 1.86. The van der Waals surface area contributed by atoms with Gasteiger partial charge in [0.15, 0.2) is 6.61 Å². The molecule has 1 saturated heterocycles. The molecule has 30 heavy (non-hydrogen) atoms. The summed E-state index contributed by atoms with van der Waals surface area (Å²) < 4.78 is 17.9. The summed E-state index contributed by atoms with van der Waals surface area (Å²) in [4.78, 5) is 49.0. The lowest BCUT2D eigenvalue weighted by Gasteiger charge is -2.15. The molecule has 0 unspecified atom stereocenters. The van der Waals surface area contributed by atoms with Gasteiger partial charge in [-0.3, -0.25) is 19.2 Å². The monoisotopic (exact) mass is 413 g/mol. The first-order valence-corrected chi connectivity index (χ1v) is 9.32. The molecule has 0 radical (unpaired) electrons. The van der Waals surface area contributed by atoms with Crippen molar-refractivity contribution in [3.05, 3.63) is 59.9 Å². The number of benzene rings is 2. The first-order valence-electron chi connectivity index (χ1n) is 9.32. The Labute approximate surface area is 172 Å². The van der Waals surface area contributed by atoms with E-state index in [9.17, 15) is 23.6 Å². The maximum Gasteiger partial charge on any atom is 0.325 e. The molecule has 8 nitrogen and oxygen atoms in total. The summed E-state index contributed by atoms with van der Waals surface area (Å²) in [5.41, 5.74) is 1.28. The van der Waals surface area contributed by atoms with E-state index in [1.54, 1.807) is 29.2 Å². The highest BCUT2D eigenvalue weighted by atomic mass is 19.1. The van der Waals surface area contributed by atoms with Gasteiger partial charge in [0, 0.05) is 29.9 Å². The van der Waals surface area contributed by atoms with Gasteiger partial charge in [0.2, 0.25) is 5.91 Å². The van der Waals surface area contributed by atoms with Gasteiger partial charge in [-0.2, -0.15) is 0 Å². The number of halogens is 1. The topological polar surface area (TPSA) is 105 Å². The van der Waals surface area contributed by atoms with Crippen molar-refractivity contribution in [3.63, 3.8) is 0 Å². The molecule has 1 aliphatic heterocycles. The van der Waals surface area contributed by atoms with Crippen molar-refractivity contribution in [2.24, 2.45) is 0 Å². The molecule has 3 amide bonds. The first-order chi connectivity index (χ1) is 14.4. The van der Waals surface area contributed by atoms with E-state index in [1.165, 1.54) is 18.2 Å². The second-order valence-corrected chi connectivity index (χ2v) is 6.60. The van der Waals surface area contributed by atoms with Crippen molar-refractivity contribution in [1.29, 1.82) is 0 Å². The Kier molecular flexibility index (Phi) is 6.74. The van der Waals surface area contributed by atoms with E-state index >= 15 is 0 Å². The van der Waals surface area contributed by atoms with Crippen LogP contribution in [0.3, 0.4) is 0 Å². The highest BCUT2D eigenvalue weighted by Gasteiger charge is 2.21. The van der Waals surface area contributed by atoms with Gasteiger partial charge in [0.25, 0.3) is 11.8 Å². The number of hydrogen-bond donors (Lipinski definition) is 2. The Bertz CT molecular complexity index is 961. The zero-order chi connectivity index (χ0) is 21.5. The van der Waals surface area contributed by atoms with Crippen LogP contribution >= 0.6 is 0 Å². The number of carbonyl (C=O) groups excluding carboxylic acids is 4. The maximum absolute atomic E-state index is 13.1. The molecule has 0 aliphatic carbocycles. The molecule has 2 aromatic rings. The molecule has 0 aromatic heterocycles. The molecule has 0 atom stereocenters. The lowest BCUT2D eigenvalue weighted by Crippen LogP contribution is -2.32. The fourth-order valence-electron chi connectivity index (χ4n) is 2.93. The van der Waals surface area contributed by atoms with Crippen LogP contribution in [0.25, 0.3) is 0 Å². The normalized spacial score (nSPS) is 13.1. The summed E-state index contributed by atoms with van der Waals surface area (Å²) in [6, 6.07) is 11.8. The number of ether oxygens (including phenoxy) is 1. The van der Waals surface area contributed by atoms with Crippen molar-refractivity contribution in [1.82, 2.24) is 5.32 Å². The quantitative estimate of drug-likeness (QED) is 0.675. The molecule has 2 aromatic carbocycles. The molecule has 3 rings (SSSR count). The van der Waals surface area contributed by atoms with Crippen molar-refractivity contribution < 1.29 is 28.3 Å². The zero-order valence-electron chi connectivity index (χ0n) is 16.0. The fraction of sp³-hybridized carbons (Fsp3) is 0.238. The summed E-state index contributed by atoms with van der Waals surface area (Å²) >= 11 is 0. The van der Waals surface area contributed by atoms with Gasteiger partial charge in [-0.25, -0.2) is 4.39 Å². The summed E-state index contributed by atoms with van der Waals surface area (Å²) in [5.74, 6) is -2.37. The third-order valence-electron chi connectivity index (χ3n) is 4.38. The average molecular weight is 413 g/mol. The third kappa shape index (κ3) is 5.63. The van der Waals surface area contributed by atoms with Crippen molar-refractivity contribution in [3.8, 4) is 0 Å². The van der Waals surface area contributed by atoms with Crippen LogP contribution < -0.4 is 15.5 Å². The van der Waals surface area contributed by atoms with Crippen LogP contribution in [0, 0.1) is 5.82 Å². The molecule has 0 bridgehead atoms. The standard InChI is InChI=1S/C21H20FN3O5/c22-15-3-1-4-16(11-15)24-18(26)13-30-20(28)12-23-21(29)14-6-8-17(9-7-14)25-10-2-5-19(25)27/h1,3-4,6-9,11H,2,5,10,12-13H2,(H,23,29)(H,24,26). The number of anilines is 2. The lowest BCUT2D eigenvalue weighted by molar-refractivity contribution is -0.146. The first kappa shape index (κ1) is 21.0. The van der Waals surface area contributed by atoms with E-state index in [-0.39, 0.29) is 11.6 Å². The molecule has 1 aliphatic rings. The molecule has 1 fully saturated rings. The molecule has 1 heterocycles. The lowest BCUT2D eigenvalue weighted by atomic mass is 10.2. The van der Waals surface area contributed by atoms with Crippen LogP contribution in [-0.2, 0) is 19.1 Å². The molecule has 0 spiro atoms. The van der Waals surface area contributed by atoms with Gasteiger partial charge >= 0.3 is 5.97 Å². The van der Waals surface area contributed by atoms with Crippen LogP contribution in [-0.4, -0.2) is 43.4 Å². The Balaban J connectivity index is 1.41. The fourth-order valence-corrected chi connectivity index (χ4v) is 2.93. The Morgan fingerprint density at radius 2 is 1.87 bits per heavy atom. The number of nitrogens with zero attached hydrogens (tertiary/aromatic N) is 1. The molecular weight excluding hydrogens is 393 g/mol. The predicted molar refractivity (Wildman–Crippen MR) is 106 cm³/mol. The molecule has 9 heteroatoms. The van der Waals surface area contributed by atoms with Crippen molar-refractivity contribution in [2.45, 2.75) is 12.8 Å². The Morgan fingerprint density at radius 3 is 2.53 bits per heavy atom. The highest BCUT2D eigenvalue weighted by Crippen LogP contribution is 2.21. The summed E-state index contributed by atoms with van der Waals surface area (Å²) in [6.07, 6.45) is 1.33. The van der Waals surface area contributed by atoms with Gasteiger partial charge in [-0.15, -0.1) is 0 Å². The van der Waals surface area contributed by atoms with Gasteiger partial charge < -0.3 is 20.3 Å². The summed E-state index contributed by atoms with van der Waals surface area (Å²) in [7, 11) is 0. The minimum atomic E-state index is -0.794. The largest absolute Gasteiger partial charge is 0.454 e. The number of esters is 1. The highest BCUT2D eigenvalue weighted by molar-refractivity contribution is 5.98. The summed E-state index contributed by atoms with van der Waals surface area (Å²) in [5, 5.41) is 4.79. The molecule has 156 valence electrons. The summed E-state index contributed by atoms with van der Waals surface area (Å²) in [6.45, 7) is -0.328. The van der Waals surface area contributed by atoms with Crippen LogP contribution in [0.2, 0.25) is 0 Å². The number of carbonyl (C=O) groups is 4. The number of rotatable bonds is 7. The number of amides is 3. The van der Waals surface area contributed by atoms with Crippen LogP contribution in [0.15, 0.2) is 48.5 Å². The zero-order valence-corrected chi connectivity index (χ0v) is 16.0. The smallest absolute Gasteiger partial charge is 0.325 e. The molecule has 0 saturated carbocycles. The van der Waals surface area contributed by atoms with Gasteiger partial charge in [0.1, 0.15) is 12.4 Å². The third-order valence-corrected chi connectivity index (χ3v) is 4.38. The number of hydrogen-bond acceptors (Lipinski definition) is 5. The van der Waals surface area contributed by atoms with Crippen molar-refractivity contribution >= 4 is 35.1 Å². The molecular formula is C21H20FN3O5. The van der Waals surface area contributed by atoms with Gasteiger partial charge in [-0.1, -0.05) is 6.07 Å². The minimum absolute atomic E-state index is 0.0522. The second kappa shape index (κ2) is 9.64. The van der Waals surface area contributed by atoms with Crippen LogP contribution in [0.4, 0.5) is 15.8 Å². The Morgan fingerprint density at radius 1 is 1.10 bits per heavy atom. The second-order valence-electron chi connectivity index (χ2n) is 6.60. The van der Waals surface area contributed by atoms with E-state index in [4.69, 9.17) is 4.74 Å². The van der Waals surface area contributed by atoms with Gasteiger partial charge in [0.05, 0.1) is 0 Å². The number of nitrogens with one attached hydrogen (secondary N) is 2. The van der Waals surface area contributed by atoms with Gasteiger partial charge in [-0.05, 0) is 48.9 Å². The minimum Gasteiger partial charge on any atom is -0.454 e. The maximum atomic E-state index is 13.1. The van der Waals surface area contributed by atoms with E-state index in [0.717, 1.165) is 18.2 Å². The van der Waals surface area contributed by atoms with Crippen LogP contribution in [0.5, 0.6) is 0 Å². The Hall–Kier alpha value is -3.75. The van der Waals surface area contributed by atoms with E-state index in [2.05, 4.69) is 10.6 Å². The van der Waals surface area contributed by atoms with Crippen molar-refractivity contribution in [2.75, 3.05) is 29.9 Å². The van der Waals surface area contributed by atoms with E-state index in [1.807, 2.05) is 0 Å². The average Bonchev–Trinajstić information content (AvgIpc) is 3.16. The SMILES string of the molecule is O=C(COC(=O)CNC(=O)c1ccc(N2CCCC2=O)cc1)Nc1cccc(F)c1. The van der Waals surface area contributed by atoms with E-state index in [0.29, 0.717) is 18.5 Å². The molecule has 2 N–H and O–H groups in total. The van der Waals surface area contributed by atoms with Crippen LogP contribution in [0.1, 0.15) is 23.2 Å². The van der Waals surface area contributed by atoms with E-state index < -0.39 is 36.8 Å².